The molecule has 2 aromatic carbocycles. The summed E-state index contributed by atoms with van der Waals surface area (Å²) in [4.78, 5) is 24.2. The number of carbonyl (C=O) groups excluding carboxylic acids is 2. The van der Waals surface area contributed by atoms with Crippen molar-refractivity contribution in [2.24, 2.45) is 5.92 Å². The number of hydrogen-bond donors (Lipinski definition) is 1. The quantitative estimate of drug-likeness (QED) is 0.909. The number of rotatable bonds is 5. The summed E-state index contributed by atoms with van der Waals surface area (Å²) in [7, 11) is 0. The van der Waals surface area contributed by atoms with Crippen molar-refractivity contribution >= 4 is 11.8 Å². The van der Waals surface area contributed by atoms with Crippen LogP contribution in [-0.2, 0) is 4.79 Å². The second-order valence-electron chi connectivity index (χ2n) is 5.34. The molecule has 0 fully saturated rings. The van der Waals surface area contributed by atoms with Crippen LogP contribution in [0.15, 0.2) is 54.6 Å². The Morgan fingerprint density at radius 2 is 1.60 bits per heavy atom. The summed E-state index contributed by atoms with van der Waals surface area (Å²) in [6.45, 7) is 0. The monoisotopic (exact) mass is 335 g/mol. The maximum atomic E-state index is 13.1. The second-order valence-corrected chi connectivity index (χ2v) is 5.34. The summed E-state index contributed by atoms with van der Waals surface area (Å²) >= 11 is 0. The van der Waals surface area contributed by atoms with E-state index in [4.69, 9.17) is 10.5 Å². The Labute approximate surface area is 144 Å². The van der Waals surface area contributed by atoms with Crippen LogP contribution in [0.3, 0.4) is 0 Å². The first-order chi connectivity index (χ1) is 12.0. The van der Waals surface area contributed by atoms with Gasteiger partial charge in [0.05, 0.1) is 12.1 Å². The van der Waals surface area contributed by atoms with Crippen LogP contribution in [0.1, 0.15) is 28.3 Å². The molecule has 2 amide bonds. The predicted molar refractivity (Wildman–Crippen MR) is 87.4 cm³/mol. The molecule has 1 N–H and O–H groups in total. The topological polar surface area (TPSA) is 93.8 Å². The van der Waals surface area contributed by atoms with Crippen LogP contribution in [0.2, 0.25) is 0 Å². The highest BCUT2D eigenvalue weighted by molar-refractivity contribution is 6.04. The number of nitrogens with zero attached hydrogens (tertiary/aromatic N) is 2. The lowest BCUT2D eigenvalue weighted by atomic mass is 9.85. The maximum absolute atomic E-state index is 13.1. The molecule has 2 aromatic rings. The predicted octanol–water partition coefficient (Wildman–Crippen LogP) is 2.92. The van der Waals surface area contributed by atoms with Crippen molar-refractivity contribution in [2.75, 3.05) is 0 Å². The molecule has 25 heavy (non-hydrogen) atoms. The van der Waals surface area contributed by atoms with Gasteiger partial charge in [-0.25, -0.2) is 4.39 Å². The molecular weight excluding hydrogens is 321 g/mol. The lowest BCUT2D eigenvalue weighted by Gasteiger charge is -2.17. The summed E-state index contributed by atoms with van der Waals surface area (Å²) in [6.07, 6.45) is -0.240. The molecule has 0 aliphatic heterocycles. The van der Waals surface area contributed by atoms with Gasteiger partial charge >= 0.3 is 0 Å². The van der Waals surface area contributed by atoms with E-state index in [0.29, 0.717) is 11.1 Å². The maximum Gasteiger partial charge on any atom is 0.257 e. The lowest BCUT2D eigenvalue weighted by Crippen LogP contribution is -2.32. The van der Waals surface area contributed by atoms with Crippen LogP contribution < -0.4 is 5.32 Å². The largest absolute Gasteiger partial charge is 0.292 e. The van der Waals surface area contributed by atoms with E-state index in [0.717, 1.165) is 0 Å². The molecule has 124 valence electrons. The van der Waals surface area contributed by atoms with Gasteiger partial charge in [0, 0.05) is 17.9 Å². The Kier molecular flexibility index (Phi) is 5.97. The zero-order valence-electron chi connectivity index (χ0n) is 13.1. The van der Waals surface area contributed by atoms with Gasteiger partial charge in [-0.1, -0.05) is 30.3 Å². The summed E-state index contributed by atoms with van der Waals surface area (Å²) < 4.78 is 13.1. The first kappa shape index (κ1) is 17.8. The van der Waals surface area contributed by atoms with Gasteiger partial charge in [-0.15, -0.1) is 0 Å². The highest BCUT2D eigenvalue weighted by atomic mass is 19.1. The third-order valence-corrected chi connectivity index (χ3v) is 3.67. The molecule has 0 aliphatic carbocycles. The van der Waals surface area contributed by atoms with Crippen molar-refractivity contribution in [3.8, 4) is 12.1 Å². The summed E-state index contributed by atoms with van der Waals surface area (Å²) in [5, 5.41) is 20.5. The fourth-order valence-electron chi connectivity index (χ4n) is 2.39. The molecule has 6 heteroatoms. The van der Waals surface area contributed by atoms with E-state index in [9.17, 15) is 14.0 Å². The highest BCUT2D eigenvalue weighted by Gasteiger charge is 2.26. The van der Waals surface area contributed by atoms with Crippen molar-refractivity contribution in [3.63, 3.8) is 0 Å². The van der Waals surface area contributed by atoms with Gasteiger partial charge < -0.3 is 0 Å². The number of benzene rings is 2. The van der Waals surface area contributed by atoms with Gasteiger partial charge in [0.1, 0.15) is 11.7 Å². The van der Waals surface area contributed by atoms with Gasteiger partial charge in [0.25, 0.3) is 5.91 Å². The van der Waals surface area contributed by atoms with E-state index in [1.165, 1.54) is 24.3 Å². The first-order valence-corrected chi connectivity index (χ1v) is 7.49. The van der Waals surface area contributed by atoms with Crippen molar-refractivity contribution in [2.45, 2.75) is 12.3 Å². The number of nitriles is 2. The molecule has 0 heterocycles. The Morgan fingerprint density at radius 3 is 2.16 bits per heavy atom. The van der Waals surface area contributed by atoms with Crippen molar-refractivity contribution in [1.29, 1.82) is 10.5 Å². The Morgan fingerprint density at radius 1 is 1.00 bits per heavy atom. The number of imide groups is 1. The number of nitrogens with one attached hydrogen (secondary N) is 1. The van der Waals surface area contributed by atoms with E-state index in [2.05, 4.69) is 5.32 Å². The summed E-state index contributed by atoms with van der Waals surface area (Å²) in [6, 6.07) is 17.1. The number of amides is 2. The number of halogens is 1. The molecular formula is C19H14FN3O2. The fourth-order valence-corrected chi connectivity index (χ4v) is 2.39. The number of hydrogen-bond acceptors (Lipinski definition) is 4. The van der Waals surface area contributed by atoms with Gasteiger partial charge in [0.2, 0.25) is 5.91 Å². The highest BCUT2D eigenvalue weighted by Crippen LogP contribution is 2.28. The molecule has 1 atom stereocenters. The van der Waals surface area contributed by atoms with E-state index < -0.39 is 29.5 Å². The van der Waals surface area contributed by atoms with Crippen LogP contribution in [0.5, 0.6) is 0 Å². The average Bonchev–Trinajstić information content (AvgIpc) is 2.63. The Bertz CT molecular complexity index is 822. The standard InChI is InChI=1S/C19H14FN3O2/c20-16-8-6-13(7-9-16)17(15(11-21)12-22)10-18(24)23-19(25)14-4-2-1-3-5-14/h1-9,15,17H,10H2,(H,23,24,25)/t17-/m0/s1. The van der Waals surface area contributed by atoms with E-state index in [1.54, 1.807) is 30.3 Å². The number of carbonyl (C=O) groups is 2. The summed E-state index contributed by atoms with van der Waals surface area (Å²) in [5.41, 5.74) is 0.808. The molecule has 0 bridgehead atoms. The third kappa shape index (κ3) is 4.73. The lowest BCUT2D eigenvalue weighted by molar-refractivity contribution is -0.120. The van der Waals surface area contributed by atoms with Gasteiger partial charge in [-0.2, -0.15) is 10.5 Å². The second kappa shape index (κ2) is 8.37. The molecule has 2 rings (SSSR count). The van der Waals surface area contributed by atoms with E-state index >= 15 is 0 Å². The van der Waals surface area contributed by atoms with Crippen molar-refractivity contribution in [1.82, 2.24) is 5.32 Å². The van der Waals surface area contributed by atoms with E-state index in [-0.39, 0.29) is 6.42 Å². The normalized spacial score (nSPS) is 11.2. The van der Waals surface area contributed by atoms with Gasteiger partial charge in [-0.05, 0) is 29.8 Å². The third-order valence-electron chi connectivity index (χ3n) is 3.67. The molecule has 0 saturated carbocycles. The SMILES string of the molecule is N#CC(C#N)[C@@H](CC(=O)NC(=O)c1ccccc1)c1ccc(F)cc1. The van der Waals surface area contributed by atoms with Gasteiger partial charge in [-0.3, -0.25) is 14.9 Å². The minimum atomic E-state index is -1.09. The minimum Gasteiger partial charge on any atom is -0.292 e. The molecule has 5 nitrogen and oxygen atoms in total. The molecule has 0 saturated heterocycles. The zero-order chi connectivity index (χ0) is 18.2. The Hall–Kier alpha value is -3.51. The van der Waals surface area contributed by atoms with Crippen LogP contribution in [0.4, 0.5) is 4.39 Å². The average molecular weight is 335 g/mol. The molecule has 0 radical (unpaired) electrons. The molecule has 0 spiro atoms. The molecule has 0 aliphatic rings. The van der Waals surface area contributed by atoms with E-state index in [1.807, 2.05) is 12.1 Å². The Balaban J connectivity index is 2.15. The van der Waals surface area contributed by atoms with Crippen molar-refractivity contribution < 1.29 is 14.0 Å². The van der Waals surface area contributed by atoms with Crippen molar-refractivity contribution in [3.05, 3.63) is 71.5 Å². The van der Waals surface area contributed by atoms with Crippen LogP contribution in [0.25, 0.3) is 0 Å². The van der Waals surface area contributed by atoms with Crippen LogP contribution in [0, 0.1) is 34.4 Å². The van der Waals surface area contributed by atoms with Crippen LogP contribution >= 0.6 is 0 Å². The molecule has 0 unspecified atom stereocenters. The summed E-state index contributed by atoms with van der Waals surface area (Å²) in [5.74, 6) is -3.49. The zero-order valence-corrected chi connectivity index (χ0v) is 13.1. The smallest absolute Gasteiger partial charge is 0.257 e. The van der Waals surface area contributed by atoms with Gasteiger partial charge in [0.15, 0.2) is 0 Å². The molecule has 0 aromatic heterocycles. The minimum absolute atomic E-state index is 0.240. The first-order valence-electron chi connectivity index (χ1n) is 7.49. The fraction of sp³-hybridized carbons (Fsp3) is 0.158. The van der Waals surface area contributed by atoms with Crippen LogP contribution in [-0.4, -0.2) is 11.8 Å².